The number of carbonyl (C=O) groups excluding carboxylic acids is 1. The quantitative estimate of drug-likeness (QED) is 0.306. The summed E-state index contributed by atoms with van der Waals surface area (Å²) in [6, 6.07) is -0.144. The van der Waals surface area contributed by atoms with E-state index >= 15 is 0 Å². The van der Waals surface area contributed by atoms with Crippen LogP contribution in [-0.2, 0) is 0 Å². The molecule has 0 aromatic rings. The van der Waals surface area contributed by atoms with Gasteiger partial charge in [-0.3, -0.25) is 4.90 Å². The summed E-state index contributed by atoms with van der Waals surface area (Å²) in [5, 5.41) is 2.60. The second-order valence-electron chi connectivity index (χ2n) is 1.67. The molecule has 0 aliphatic carbocycles. The molecule has 0 saturated carbocycles. The molecule has 0 aromatic heterocycles. The predicted molar refractivity (Wildman–Crippen MR) is 48.8 cm³/mol. The first-order valence-electron chi connectivity index (χ1n) is 2.50. The number of nitrogens with zero attached hydrogens (tertiary/aromatic N) is 1. The molecule has 0 bridgehead atoms. The van der Waals surface area contributed by atoms with Gasteiger partial charge >= 0.3 is 35.6 Å². The van der Waals surface area contributed by atoms with Crippen molar-refractivity contribution in [3.05, 3.63) is 0 Å². The fourth-order valence-corrected chi connectivity index (χ4v) is 1.02. The Morgan fingerprint density at radius 3 is 2.60 bits per heavy atom. The minimum absolute atomic E-state index is 0. The zero-order valence-corrected chi connectivity index (χ0v) is 6.34. The van der Waals surface area contributed by atoms with Crippen molar-refractivity contribution >= 4 is 64.8 Å². The van der Waals surface area contributed by atoms with Crippen LogP contribution in [0.2, 0.25) is 0 Å². The molecular weight excluding hydrogens is 179 g/mol. The Balaban J connectivity index is 0.000000810. The summed E-state index contributed by atoms with van der Waals surface area (Å²) in [7, 11) is 0. The Bertz CT molecular complexity index is 163. The fraction of sp³-hybridized carbons (Fsp3) is 0.500. The second-order valence-corrected chi connectivity index (χ2v) is 2.78. The van der Waals surface area contributed by atoms with E-state index in [0.717, 1.165) is 0 Å². The van der Waals surface area contributed by atoms with Crippen LogP contribution in [0.25, 0.3) is 0 Å². The first kappa shape index (κ1) is 10.7. The Hall–Kier alpha value is 0.710. The van der Waals surface area contributed by atoms with E-state index in [0.29, 0.717) is 17.4 Å². The number of urea groups is 1. The van der Waals surface area contributed by atoms with Crippen LogP contribution in [-0.4, -0.2) is 57.9 Å². The maximum absolute atomic E-state index is 10.7. The number of amides is 2. The van der Waals surface area contributed by atoms with E-state index in [2.05, 4.69) is 30.2 Å². The van der Waals surface area contributed by atoms with Crippen molar-refractivity contribution in [1.82, 2.24) is 10.2 Å². The molecular formula is C4H7N2NaOS2. The molecule has 10 heavy (non-hydrogen) atoms. The standard InChI is InChI=1S/C4H6N2OS2.Na.H/c7-3-5-1-2-6(3)4(8)9;;/h1-2H2,(H,5,7)(H,8,9);;. The van der Waals surface area contributed by atoms with Gasteiger partial charge in [0.05, 0.1) is 0 Å². The van der Waals surface area contributed by atoms with Gasteiger partial charge in [0, 0.05) is 13.1 Å². The molecule has 1 saturated heterocycles. The van der Waals surface area contributed by atoms with Crippen molar-refractivity contribution in [3.8, 4) is 0 Å². The van der Waals surface area contributed by atoms with Gasteiger partial charge in [-0.2, -0.15) is 0 Å². The van der Waals surface area contributed by atoms with Crippen LogP contribution in [0.15, 0.2) is 0 Å². The van der Waals surface area contributed by atoms with Crippen LogP contribution in [0.4, 0.5) is 4.79 Å². The summed E-state index contributed by atoms with van der Waals surface area (Å²) in [6.07, 6.45) is 0. The van der Waals surface area contributed by atoms with Crippen molar-refractivity contribution in [2.45, 2.75) is 0 Å². The van der Waals surface area contributed by atoms with Gasteiger partial charge in [0.2, 0.25) is 0 Å². The van der Waals surface area contributed by atoms with Gasteiger partial charge in [-0.05, 0) is 0 Å². The third-order valence-electron chi connectivity index (χ3n) is 1.09. The average Bonchev–Trinajstić information content (AvgIpc) is 2.13. The number of rotatable bonds is 0. The van der Waals surface area contributed by atoms with Crippen molar-refractivity contribution in [3.63, 3.8) is 0 Å². The number of hydrogen-bond donors (Lipinski definition) is 2. The summed E-state index contributed by atoms with van der Waals surface area (Å²) in [5.74, 6) is 0. The van der Waals surface area contributed by atoms with Crippen molar-refractivity contribution in [2.24, 2.45) is 0 Å². The molecule has 0 radical (unpaired) electrons. The Morgan fingerprint density at radius 1 is 1.80 bits per heavy atom. The first-order chi connectivity index (χ1) is 4.22. The topological polar surface area (TPSA) is 32.3 Å². The first-order valence-corrected chi connectivity index (χ1v) is 3.35. The zero-order valence-electron chi connectivity index (χ0n) is 4.63. The number of nitrogens with one attached hydrogen (secondary N) is 1. The summed E-state index contributed by atoms with van der Waals surface area (Å²) < 4.78 is 0.338. The monoisotopic (exact) mass is 186 g/mol. The van der Waals surface area contributed by atoms with Gasteiger partial charge in [-0.15, -0.1) is 12.6 Å². The van der Waals surface area contributed by atoms with Crippen LogP contribution < -0.4 is 5.32 Å². The summed E-state index contributed by atoms with van der Waals surface area (Å²) in [6.45, 7) is 1.31. The van der Waals surface area contributed by atoms with Gasteiger partial charge in [-0.25, -0.2) is 4.79 Å². The minimum atomic E-state index is -0.144. The van der Waals surface area contributed by atoms with Crippen molar-refractivity contribution < 1.29 is 4.79 Å². The molecule has 0 unspecified atom stereocenters. The molecule has 2 amide bonds. The molecule has 1 aliphatic rings. The average molecular weight is 186 g/mol. The molecule has 1 fully saturated rings. The van der Waals surface area contributed by atoms with Crippen molar-refractivity contribution in [1.29, 1.82) is 0 Å². The van der Waals surface area contributed by atoms with Gasteiger partial charge < -0.3 is 5.32 Å². The van der Waals surface area contributed by atoms with E-state index in [9.17, 15) is 4.79 Å². The van der Waals surface area contributed by atoms with Crippen LogP contribution in [0.3, 0.4) is 0 Å². The SMILES string of the molecule is O=C1NCCN1C(=S)S.[NaH]. The summed E-state index contributed by atoms with van der Waals surface area (Å²) in [5.41, 5.74) is 0. The number of carbonyl (C=O) groups is 1. The van der Waals surface area contributed by atoms with Crippen LogP contribution in [0.5, 0.6) is 0 Å². The molecule has 6 heteroatoms. The molecule has 3 nitrogen and oxygen atoms in total. The van der Waals surface area contributed by atoms with E-state index < -0.39 is 0 Å². The normalized spacial score (nSPS) is 16.1. The number of hydrogen-bond acceptors (Lipinski definition) is 2. The molecule has 0 spiro atoms. The summed E-state index contributed by atoms with van der Waals surface area (Å²) in [4.78, 5) is 12.1. The van der Waals surface area contributed by atoms with E-state index in [4.69, 9.17) is 0 Å². The Morgan fingerprint density at radius 2 is 2.40 bits per heavy atom. The Labute approximate surface area is 92.2 Å². The van der Waals surface area contributed by atoms with Gasteiger partial charge in [-0.1, -0.05) is 12.2 Å². The third kappa shape index (κ3) is 2.39. The number of thiol groups is 1. The molecule has 52 valence electrons. The predicted octanol–water partition coefficient (Wildman–Crippen LogP) is -0.422. The summed E-state index contributed by atoms with van der Waals surface area (Å²) >= 11 is 8.51. The third-order valence-corrected chi connectivity index (χ3v) is 1.55. The molecule has 1 N–H and O–H groups in total. The van der Waals surface area contributed by atoms with Crippen LogP contribution in [0, 0.1) is 0 Å². The second kappa shape index (κ2) is 4.56. The maximum atomic E-state index is 10.7. The van der Waals surface area contributed by atoms with Crippen LogP contribution in [0.1, 0.15) is 0 Å². The van der Waals surface area contributed by atoms with Gasteiger partial charge in [0.25, 0.3) is 0 Å². The van der Waals surface area contributed by atoms with E-state index in [-0.39, 0.29) is 35.6 Å². The molecule has 1 heterocycles. The number of thiocarbonyl (C=S) groups is 1. The van der Waals surface area contributed by atoms with E-state index in [1.807, 2.05) is 0 Å². The molecule has 1 aliphatic heterocycles. The van der Waals surface area contributed by atoms with Gasteiger partial charge in [0.1, 0.15) is 4.32 Å². The zero-order chi connectivity index (χ0) is 6.85. The van der Waals surface area contributed by atoms with Crippen LogP contribution >= 0.6 is 24.8 Å². The Kier molecular flexibility index (Phi) is 4.88. The van der Waals surface area contributed by atoms with E-state index in [1.54, 1.807) is 0 Å². The van der Waals surface area contributed by atoms with Gasteiger partial charge in [0.15, 0.2) is 0 Å². The molecule has 0 aromatic carbocycles. The van der Waals surface area contributed by atoms with E-state index in [1.165, 1.54) is 4.90 Å². The molecule has 1 rings (SSSR count). The molecule has 0 atom stereocenters. The van der Waals surface area contributed by atoms with Crippen molar-refractivity contribution in [2.75, 3.05) is 13.1 Å². The fourth-order valence-electron chi connectivity index (χ4n) is 0.654.